The first-order valence-electron chi connectivity index (χ1n) is 8.70. The molecular formula is C23H18O5. The molecule has 4 rings (SSSR count). The summed E-state index contributed by atoms with van der Waals surface area (Å²) in [6, 6.07) is 18.9. The molecule has 1 aromatic heterocycles. The molecule has 0 aliphatic carbocycles. The van der Waals surface area contributed by atoms with E-state index in [2.05, 4.69) is 0 Å². The van der Waals surface area contributed by atoms with Gasteiger partial charge in [0.2, 0.25) is 0 Å². The summed E-state index contributed by atoms with van der Waals surface area (Å²) in [7, 11) is 3.15. The summed E-state index contributed by atoms with van der Waals surface area (Å²) >= 11 is 0. The van der Waals surface area contributed by atoms with Crippen molar-refractivity contribution in [3.63, 3.8) is 0 Å². The second kappa shape index (κ2) is 7.12. The number of hydrogen-bond donors (Lipinski definition) is 1. The van der Waals surface area contributed by atoms with Gasteiger partial charge in [0.05, 0.1) is 25.3 Å². The molecule has 0 bridgehead atoms. The molecule has 1 N–H and O–H groups in total. The molecule has 5 heteroatoms. The average Bonchev–Trinajstić information content (AvgIpc) is 3.12. The van der Waals surface area contributed by atoms with E-state index < -0.39 is 0 Å². The molecule has 0 saturated carbocycles. The highest BCUT2D eigenvalue weighted by atomic mass is 16.5. The minimum absolute atomic E-state index is 0.100. The zero-order valence-electron chi connectivity index (χ0n) is 15.4. The van der Waals surface area contributed by atoms with Gasteiger partial charge in [-0.3, -0.25) is 4.79 Å². The first kappa shape index (κ1) is 17.7. The molecule has 0 amide bonds. The Morgan fingerprint density at radius 3 is 2.39 bits per heavy atom. The molecule has 0 atom stereocenters. The van der Waals surface area contributed by atoms with Crippen LogP contribution in [0.25, 0.3) is 22.3 Å². The van der Waals surface area contributed by atoms with Crippen LogP contribution in [0.3, 0.4) is 0 Å². The van der Waals surface area contributed by atoms with Gasteiger partial charge in [-0.1, -0.05) is 12.1 Å². The number of para-hydroxylation sites is 1. The maximum absolute atomic E-state index is 13.4. The fourth-order valence-electron chi connectivity index (χ4n) is 3.21. The molecule has 1 heterocycles. The maximum Gasteiger partial charge on any atom is 0.197 e. The number of rotatable bonds is 5. The van der Waals surface area contributed by atoms with Gasteiger partial charge in [-0.2, -0.15) is 0 Å². The van der Waals surface area contributed by atoms with E-state index in [1.807, 2.05) is 30.3 Å². The number of hydrogen-bond acceptors (Lipinski definition) is 5. The van der Waals surface area contributed by atoms with Crippen LogP contribution in [0.15, 0.2) is 71.1 Å². The van der Waals surface area contributed by atoms with Crippen molar-refractivity contribution in [3.05, 3.63) is 77.9 Å². The third-order valence-electron chi connectivity index (χ3n) is 4.61. The molecule has 0 aliphatic rings. The van der Waals surface area contributed by atoms with Gasteiger partial charge in [0.15, 0.2) is 5.78 Å². The lowest BCUT2D eigenvalue weighted by molar-refractivity contribution is 0.104. The normalized spacial score (nSPS) is 10.8. The SMILES string of the molecule is COc1ccc2c(C(=O)c3ccc(O)cc3)c(-c3ccccc3OC)oc2c1. The Morgan fingerprint density at radius 2 is 1.68 bits per heavy atom. The Bertz CT molecular complexity index is 1160. The summed E-state index contributed by atoms with van der Waals surface area (Å²) in [5.74, 6) is 1.57. The van der Waals surface area contributed by atoms with Gasteiger partial charge in [-0.25, -0.2) is 0 Å². The quantitative estimate of drug-likeness (QED) is 0.495. The molecule has 0 radical (unpaired) electrons. The summed E-state index contributed by atoms with van der Waals surface area (Å²) < 4.78 is 16.9. The third-order valence-corrected chi connectivity index (χ3v) is 4.61. The molecule has 140 valence electrons. The largest absolute Gasteiger partial charge is 0.508 e. The molecule has 3 aromatic carbocycles. The molecule has 28 heavy (non-hydrogen) atoms. The zero-order chi connectivity index (χ0) is 19.7. The topological polar surface area (TPSA) is 68.9 Å². The lowest BCUT2D eigenvalue weighted by Gasteiger charge is -2.08. The Morgan fingerprint density at radius 1 is 0.929 bits per heavy atom. The molecule has 0 saturated heterocycles. The van der Waals surface area contributed by atoms with E-state index in [9.17, 15) is 9.90 Å². The average molecular weight is 374 g/mol. The fraction of sp³-hybridized carbons (Fsp3) is 0.0870. The van der Waals surface area contributed by atoms with Crippen molar-refractivity contribution in [2.75, 3.05) is 14.2 Å². The predicted molar refractivity (Wildman–Crippen MR) is 106 cm³/mol. The van der Waals surface area contributed by atoms with E-state index in [-0.39, 0.29) is 11.5 Å². The smallest absolute Gasteiger partial charge is 0.197 e. The van der Waals surface area contributed by atoms with E-state index >= 15 is 0 Å². The summed E-state index contributed by atoms with van der Waals surface area (Å²) in [6.07, 6.45) is 0. The minimum Gasteiger partial charge on any atom is -0.508 e. The van der Waals surface area contributed by atoms with Crippen molar-refractivity contribution < 1.29 is 23.8 Å². The van der Waals surface area contributed by atoms with Gasteiger partial charge in [-0.15, -0.1) is 0 Å². The first-order chi connectivity index (χ1) is 13.6. The number of ether oxygens (including phenoxy) is 2. The van der Waals surface area contributed by atoms with Gasteiger partial charge < -0.3 is 19.0 Å². The minimum atomic E-state index is -0.204. The summed E-state index contributed by atoms with van der Waals surface area (Å²) in [5, 5.41) is 10.2. The van der Waals surface area contributed by atoms with Crippen molar-refractivity contribution in [1.82, 2.24) is 0 Å². The predicted octanol–water partition coefficient (Wildman–Crippen LogP) is 5.05. The van der Waals surface area contributed by atoms with E-state index in [4.69, 9.17) is 13.9 Å². The highest BCUT2D eigenvalue weighted by Gasteiger charge is 2.25. The maximum atomic E-state index is 13.4. The van der Waals surface area contributed by atoms with Crippen molar-refractivity contribution in [2.45, 2.75) is 0 Å². The van der Waals surface area contributed by atoms with Gasteiger partial charge >= 0.3 is 0 Å². The van der Waals surface area contributed by atoms with Crippen molar-refractivity contribution in [2.24, 2.45) is 0 Å². The second-order valence-electron chi connectivity index (χ2n) is 6.24. The molecule has 0 fully saturated rings. The molecule has 5 nitrogen and oxygen atoms in total. The third kappa shape index (κ3) is 2.97. The van der Waals surface area contributed by atoms with Crippen LogP contribution in [0, 0.1) is 0 Å². The highest BCUT2D eigenvalue weighted by molar-refractivity contribution is 6.19. The summed E-state index contributed by atoms with van der Waals surface area (Å²) in [4.78, 5) is 13.4. The van der Waals surface area contributed by atoms with Crippen LogP contribution in [0.5, 0.6) is 17.2 Å². The fourth-order valence-corrected chi connectivity index (χ4v) is 3.21. The molecule has 0 aliphatic heterocycles. The Hall–Kier alpha value is -3.73. The first-order valence-corrected chi connectivity index (χ1v) is 8.70. The van der Waals surface area contributed by atoms with Crippen LogP contribution in [0.1, 0.15) is 15.9 Å². The van der Waals surface area contributed by atoms with E-state index in [0.29, 0.717) is 44.9 Å². The van der Waals surface area contributed by atoms with Gasteiger partial charge in [0, 0.05) is 17.0 Å². The van der Waals surface area contributed by atoms with E-state index in [0.717, 1.165) is 0 Å². The Balaban J connectivity index is 1.99. The number of aromatic hydroxyl groups is 1. The van der Waals surface area contributed by atoms with Crippen LogP contribution >= 0.6 is 0 Å². The number of ketones is 1. The Labute approximate surface area is 161 Å². The number of carbonyl (C=O) groups is 1. The standard InChI is InChI=1S/C23H18O5/c1-26-16-11-12-17-20(13-16)28-23(18-5-3-4-6-19(18)27-2)21(17)22(25)14-7-9-15(24)10-8-14/h3-13,24H,1-2H3. The number of fused-ring (bicyclic) bond motifs is 1. The van der Waals surface area contributed by atoms with Crippen molar-refractivity contribution >= 4 is 16.8 Å². The number of benzene rings is 3. The molecular weight excluding hydrogens is 356 g/mol. The van der Waals surface area contributed by atoms with Crippen molar-refractivity contribution in [1.29, 1.82) is 0 Å². The van der Waals surface area contributed by atoms with E-state index in [1.54, 1.807) is 38.5 Å². The van der Waals surface area contributed by atoms with Gasteiger partial charge in [0.1, 0.15) is 28.6 Å². The summed E-state index contributed by atoms with van der Waals surface area (Å²) in [6.45, 7) is 0. The highest BCUT2D eigenvalue weighted by Crippen LogP contribution is 2.40. The number of methoxy groups -OCH3 is 2. The number of furan rings is 1. The number of carbonyl (C=O) groups excluding carboxylic acids is 1. The van der Waals surface area contributed by atoms with E-state index in [1.165, 1.54) is 12.1 Å². The summed E-state index contributed by atoms with van der Waals surface area (Å²) in [5.41, 5.74) is 2.12. The van der Waals surface area contributed by atoms with Crippen LogP contribution in [-0.4, -0.2) is 25.1 Å². The molecule has 0 spiro atoms. The Kier molecular flexibility index (Phi) is 4.49. The van der Waals surface area contributed by atoms with Crippen LogP contribution < -0.4 is 9.47 Å². The lowest BCUT2D eigenvalue weighted by atomic mass is 9.97. The second-order valence-corrected chi connectivity index (χ2v) is 6.24. The number of phenols is 1. The van der Waals surface area contributed by atoms with Crippen LogP contribution in [0.2, 0.25) is 0 Å². The van der Waals surface area contributed by atoms with Crippen LogP contribution in [0.4, 0.5) is 0 Å². The molecule has 0 unspecified atom stereocenters. The number of phenolic OH excluding ortho intramolecular Hbond substituents is 1. The zero-order valence-corrected chi connectivity index (χ0v) is 15.4. The van der Waals surface area contributed by atoms with Crippen LogP contribution in [-0.2, 0) is 0 Å². The lowest BCUT2D eigenvalue weighted by Crippen LogP contribution is -2.02. The monoisotopic (exact) mass is 374 g/mol. The van der Waals surface area contributed by atoms with Gasteiger partial charge in [0.25, 0.3) is 0 Å². The van der Waals surface area contributed by atoms with Crippen molar-refractivity contribution in [3.8, 4) is 28.6 Å². The van der Waals surface area contributed by atoms with Gasteiger partial charge in [-0.05, 0) is 48.5 Å². The molecule has 4 aromatic rings.